The molecular formula is C11H12BrFN2O2S. The molecule has 1 atom stereocenters. The number of halogens is 2. The van der Waals surface area contributed by atoms with Gasteiger partial charge in [-0.1, -0.05) is 6.07 Å². The van der Waals surface area contributed by atoms with Crippen LogP contribution in [0.1, 0.15) is 12.5 Å². The van der Waals surface area contributed by atoms with E-state index in [1.165, 1.54) is 6.07 Å². The van der Waals surface area contributed by atoms with E-state index in [-0.39, 0.29) is 11.9 Å². The summed E-state index contributed by atoms with van der Waals surface area (Å²) in [5.74, 6) is -0.929. The summed E-state index contributed by atoms with van der Waals surface area (Å²) in [6.07, 6.45) is 0.420. The number of rotatable bonds is 5. The van der Waals surface area contributed by atoms with Crippen LogP contribution >= 0.6 is 15.9 Å². The van der Waals surface area contributed by atoms with Crippen LogP contribution in [0.25, 0.3) is 0 Å². The molecule has 0 heterocycles. The third-order valence-corrected chi connectivity index (χ3v) is 4.04. The summed E-state index contributed by atoms with van der Waals surface area (Å²) in [5, 5.41) is 8.35. The molecule has 0 amide bonds. The van der Waals surface area contributed by atoms with Crippen molar-refractivity contribution in [2.45, 2.75) is 19.4 Å². The third kappa shape index (κ3) is 4.72. The van der Waals surface area contributed by atoms with E-state index in [1.807, 2.05) is 0 Å². The lowest BCUT2D eigenvalue weighted by Gasteiger charge is -2.13. The Labute approximate surface area is 114 Å². The predicted octanol–water partition coefficient (Wildman–Crippen LogP) is 1.96. The molecule has 0 aliphatic heterocycles. The average molecular weight is 335 g/mol. The van der Waals surface area contributed by atoms with E-state index in [4.69, 9.17) is 5.26 Å². The zero-order chi connectivity index (χ0) is 13.8. The summed E-state index contributed by atoms with van der Waals surface area (Å²) >= 11 is 3.07. The normalized spacial score (nSPS) is 13.0. The fourth-order valence-electron chi connectivity index (χ4n) is 1.49. The quantitative estimate of drug-likeness (QED) is 0.894. The Morgan fingerprint density at radius 3 is 2.78 bits per heavy atom. The third-order valence-electron chi connectivity index (χ3n) is 2.16. The molecule has 1 aromatic carbocycles. The van der Waals surface area contributed by atoms with Crippen molar-refractivity contribution in [3.63, 3.8) is 0 Å². The fraction of sp³-hybridized carbons (Fsp3) is 0.364. The van der Waals surface area contributed by atoms with Gasteiger partial charge < -0.3 is 0 Å². The Kier molecular flexibility index (Phi) is 5.26. The second-order valence-electron chi connectivity index (χ2n) is 3.89. The van der Waals surface area contributed by atoms with Gasteiger partial charge in [0.15, 0.2) is 5.75 Å². The SMILES string of the molecule is C[C@@H](Cc1ccc(F)c(Br)c1)NS(=O)(=O)CC#N. The Morgan fingerprint density at radius 1 is 1.56 bits per heavy atom. The molecule has 0 radical (unpaired) electrons. The standard InChI is InChI=1S/C11H12BrFN2O2S/c1-8(15-18(16,17)5-4-14)6-9-2-3-11(13)10(12)7-9/h2-3,7-8,15H,5-6H2,1H3/t8-/m0/s1. The number of nitrogens with one attached hydrogen (secondary N) is 1. The number of benzene rings is 1. The molecule has 4 nitrogen and oxygen atoms in total. The first-order valence-electron chi connectivity index (χ1n) is 5.15. The highest BCUT2D eigenvalue weighted by molar-refractivity contribution is 9.10. The Bertz CT molecular complexity index is 569. The van der Waals surface area contributed by atoms with Gasteiger partial charge in [-0.25, -0.2) is 17.5 Å². The lowest BCUT2D eigenvalue weighted by Crippen LogP contribution is -2.35. The highest BCUT2D eigenvalue weighted by atomic mass is 79.9. The van der Waals surface area contributed by atoms with Crippen molar-refractivity contribution in [2.24, 2.45) is 0 Å². The molecule has 1 N–H and O–H groups in total. The second kappa shape index (κ2) is 6.27. The van der Waals surface area contributed by atoms with Gasteiger partial charge in [0.05, 0.1) is 10.5 Å². The van der Waals surface area contributed by atoms with Crippen LogP contribution in [0.3, 0.4) is 0 Å². The van der Waals surface area contributed by atoms with Crippen molar-refractivity contribution >= 4 is 26.0 Å². The zero-order valence-electron chi connectivity index (χ0n) is 9.65. The van der Waals surface area contributed by atoms with Crippen molar-refractivity contribution < 1.29 is 12.8 Å². The minimum atomic E-state index is -3.57. The molecule has 0 unspecified atom stereocenters. The monoisotopic (exact) mass is 334 g/mol. The van der Waals surface area contributed by atoms with E-state index in [0.29, 0.717) is 10.9 Å². The van der Waals surface area contributed by atoms with Crippen molar-refractivity contribution in [2.75, 3.05) is 5.75 Å². The van der Waals surface area contributed by atoms with E-state index in [9.17, 15) is 12.8 Å². The molecule has 1 rings (SSSR count). The van der Waals surface area contributed by atoms with Gasteiger partial charge in [-0.05, 0) is 47.0 Å². The molecule has 1 aromatic rings. The van der Waals surface area contributed by atoms with E-state index >= 15 is 0 Å². The molecule has 0 aliphatic rings. The highest BCUT2D eigenvalue weighted by Gasteiger charge is 2.14. The fourth-order valence-corrected chi connectivity index (χ4v) is 2.87. The minimum Gasteiger partial charge on any atom is -0.211 e. The van der Waals surface area contributed by atoms with E-state index in [2.05, 4.69) is 20.7 Å². The van der Waals surface area contributed by atoms with Gasteiger partial charge in [0, 0.05) is 6.04 Å². The van der Waals surface area contributed by atoms with Crippen molar-refractivity contribution in [1.29, 1.82) is 5.26 Å². The van der Waals surface area contributed by atoms with Crippen LogP contribution in [0.2, 0.25) is 0 Å². The van der Waals surface area contributed by atoms with Crippen LogP contribution in [-0.2, 0) is 16.4 Å². The Morgan fingerprint density at radius 2 is 2.22 bits per heavy atom. The van der Waals surface area contributed by atoms with Gasteiger partial charge in [0.2, 0.25) is 10.0 Å². The molecular weight excluding hydrogens is 323 g/mol. The van der Waals surface area contributed by atoms with Crippen LogP contribution in [0.15, 0.2) is 22.7 Å². The van der Waals surface area contributed by atoms with Crippen molar-refractivity contribution in [3.05, 3.63) is 34.1 Å². The summed E-state index contributed by atoms with van der Waals surface area (Å²) in [6, 6.07) is 5.74. The topological polar surface area (TPSA) is 70.0 Å². The van der Waals surface area contributed by atoms with Crippen molar-refractivity contribution in [1.82, 2.24) is 4.72 Å². The van der Waals surface area contributed by atoms with E-state index < -0.39 is 15.8 Å². The summed E-state index contributed by atoms with van der Waals surface area (Å²) < 4.78 is 38.4. The summed E-state index contributed by atoms with van der Waals surface area (Å²) in [4.78, 5) is 0. The lowest BCUT2D eigenvalue weighted by atomic mass is 10.1. The summed E-state index contributed by atoms with van der Waals surface area (Å²) in [5.41, 5.74) is 0.801. The van der Waals surface area contributed by atoms with Crippen LogP contribution < -0.4 is 4.72 Å². The summed E-state index contributed by atoms with van der Waals surface area (Å²) in [7, 11) is -3.57. The molecule has 0 saturated carbocycles. The van der Waals surface area contributed by atoms with Crippen LogP contribution in [0.5, 0.6) is 0 Å². The van der Waals surface area contributed by atoms with Gasteiger partial charge in [-0.2, -0.15) is 5.26 Å². The number of nitrogens with zero attached hydrogens (tertiary/aromatic N) is 1. The first kappa shape index (κ1) is 15.1. The van der Waals surface area contributed by atoms with Crippen molar-refractivity contribution in [3.8, 4) is 6.07 Å². The van der Waals surface area contributed by atoms with Gasteiger partial charge in [-0.15, -0.1) is 0 Å². The van der Waals surface area contributed by atoms with Gasteiger partial charge in [0.1, 0.15) is 5.82 Å². The minimum absolute atomic E-state index is 0.340. The number of nitriles is 1. The zero-order valence-corrected chi connectivity index (χ0v) is 12.1. The van der Waals surface area contributed by atoms with Crippen LogP contribution in [-0.4, -0.2) is 20.2 Å². The lowest BCUT2D eigenvalue weighted by molar-refractivity contribution is 0.562. The van der Waals surface area contributed by atoms with E-state index in [0.717, 1.165) is 5.56 Å². The molecule has 0 bridgehead atoms. The summed E-state index contributed by atoms with van der Waals surface area (Å²) in [6.45, 7) is 1.69. The number of hydrogen-bond donors (Lipinski definition) is 1. The average Bonchev–Trinajstić information content (AvgIpc) is 2.22. The van der Waals surface area contributed by atoms with Crippen LogP contribution in [0.4, 0.5) is 4.39 Å². The first-order valence-corrected chi connectivity index (χ1v) is 7.59. The molecule has 18 heavy (non-hydrogen) atoms. The predicted molar refractivity (Wildman–Crippen MR) is 69.8 cm³/mol. The molecule has 7 heteroatoms. The molecule has 0 aromatic heterocycles. The molecule has 0 aliphatic carbocycles. The second-order valence-corrected chi connectivity index (χ2v) is 6.50. The maximum Gasteiger partial charge on any atom is 0.225 e. The number of hydrogen-bond acceptors (Lipinski definition) is 3. The first-order chi connectivity index (χ1) is 8.34. The van der Waals surface area contributed by atoms with Gasteiger partial charge in [0.25, 0.3) is 0 Å². The van der Waals surface area contributed by atoms with E-state index in [1.54, 1.807) is 25.1 Å². The maximum absolute atomic E-state index is 13.0. The highest BCUT2D eigenvalue weighted by Crippen LogP contribution is 2.17. The molecule has 0 spiro atoms. The molecule has 0 saturated heterocycles. The van der Waals surface area contributed by atoms with Crippen LogP contribution in [0, 0.1) is 17.1 Å². The largest absolute Gasteiger partial charge is 0.225 e. The Balaban J connectivity index is 2.68. The Hall–Kier alpha value is -0.970. The van der Waals surface area contributed by atoms with Gasteiger partial charge >= 0.3 is 0 Å². The number of sulfonamides is 1. The molecule has 98 valence electrons. The maximum atomic E-state index is 13.0. The molecule has 0 fully saturated rings. The smallest absolute Gasteiger partial charge is 0.211 e. The van der Waals surface area contributed by atoms with Gasteiger partial charge in [-0.3, -0.25) is 0 Å².